The minimum Gasteiger partial charge on any atom is -0.492 e. The van der Waals surface area contributed by atoms with Gasteiger partial charge in [0.1, 0.15) is 12.4 Å². The van der Waals surface area contributed by atoms with Gasteiger partial charge in [-0.2, -0.15) is 0 Å². The molecule has 2 aliphatic rings. The number of amides is 1. The molecule has 1 amide bonds. The molecule has 1 saturated heterocycles. The topological polar surface area (TPSA) is 58.6 Å². The van der Waals surface area contributed by atoms with E-state index < -0.39 is 0 Å². The highest BCUT2D eigenvalue weighted by atomic mass is 16.5. The van der Waals surface area contributed by atoms with Gasteiger partial charge in [-0.3, -0.25) is 9.59 Å². The summed E-state index contributed by atoms with van der Waals surface area (Å²) in [4.78, 5) is 25.8. The van der Waals surface area contributed by atoms with E-state index in [1.54, 1.807) is 6.92 Å². The number of benzene rings is 1. The van der Waals surface area contributed by atoms with Crippen molar-refractivity contribution >= 4 is 11.7 Å². The smallest absolute Gasteiger partial charge is 0.219 e. The van der Waals surface area contributed by atoms with Gasteiger partial charge in [0.15, 0.2) is 5.78 Å². The Kier molecular flexibility index (Phi) is 5.51. The van der Waals surface area contributed by atoms with E-state index >= 15 is 0 Å². The van der Waals surface area contributed by atoms with Crippen LogP contribution in [0.15, 0.2) is 18.2 Å². The van der Waals surface area contributed by atoms with Crippen LogP contribution in [0.4, 0.5) is 0 Å². The average Bonchev–Trinajstić information content (AvgIpc) is 2.84. The number of hydrogen-bond acceptors (Lipinski definition) is 4. The van der Waals surface area contributed by atoms with Crippen LogP contribution in [0.3, 0.4) is 0 Å². The van der Waals surface area contributed by atoms with E-state index in [1.165, 1.54) is 0 Å². The minimum atomic E-state index is 0.158. The highest BCUT2D eigenvalue weighted by Gasteiger charge is 2.21. The predicted molar refractivity (Wildman–Crippen MR) is 92.2 cm³/mol. The molecule has 0 bridgehead atoms. The second-order valence-electron chi connectivity index (χ2n) is 6.76. The van der Waals surface area contributed by atoms with Crippen molar-refractivity contribution in [2.75, 3.05) is 26.2 Å². The van der Waals surface area contributed by atoms with Crippen LogP contribution >= 0.6 is 0 Å². The van der Waals surface area contributed by atoms with E-state index in [4.69, 9.17) is 4.74 Å². The maximum atomic E-state index is 12.5. The quantitative estimate of drug-likeness (QED) is 0.861. The number of piperidine rings is 1. The number of carbonyl (C=O) groups excluding carboxylic acids is 2. The molecule has 0 spiro atoms. The molecule has 1 aromatic carbocycles. The number of fused-ring (bicyclic) bond motifs is 1. The van der Waals surface area contributed by atoms with Gasteiger partial charge in [-0.15, -0.1) is 0 Å². The molecule has 0 unspecified atom stereocenters. The van der Waals surface area contributed by atoms with Gasteiger partial charge in [0.05, 0.1) is 0 Å². The molecule has 0 saturated carbocycles. The van der Waals surface area contributed by atoms with Gasteiger partial charge in [-0.1, -0.05) is 0 Å². The molecule has 3 rings (SSSR count). The molecule has 5 nitrogen and oxygen atoms in total. The first kappa shape index (κ1) is 17.0. The monoisotopic (exact) mass is 330 g/mol. The van der Waals surface area contributed by atoms with Crippen LogP contribution in [-0.4, -0.2) is 42.8 Å². The summed E-state index contributed by atoms with van der Waals surface area (Å²) in [5.41, 5.74) is 1.84. The standard InChI is InChI=1S/C19H26N2O3/c1-14(22)21-9-6-15(7-10-21)2-4-18(23)16-3-5-19-17(12-16)13-20-8-11-24-19/h3,5,12,15,20H,2,4,6-11,13H2,1H3. The summed E-state index contributed by atoms with van der Waals surface area (Å²) in [5, 5.41) is 3.30. The molecule has 1 N–H and O–H groups in total. The number of nitrogens with zero attached hydrogens (tertiary/aromatic N) is 1. The summed E-state index contributed by atoms with van der Waals surface area (Å²) in [7, 11) is 0. The highest BCUT2D eigenvalue weighted by Crippen LogP contribution is 2.25. The molecule has 24 heavy (non-hydrogen) atoms. The third-order valence-corrected chi connectivity index (χ3v) is 5.07. The Morgan fingerprint density at radius 1 is 1.29 bits per heavy atom. The molecular weight excluding hydrogens is 304 g/mol. The maximum absolute atomic E-state index is 12.5. The van der Waals surface area contributed by atoms with Crippen molar-refractivity contribution in [3.05, 3.63) is 29.3 Å². The zero-order chi connectivity index (χ0) is 16.9. The van der Waals surface area contributed by atoms with Crippen LogP contribution in [0.5, 0.6) is 5.75 Å². The van der Waals surface area contributed by atoms with Gasteiger partial charge in [-0.25, -0.2) is 0 Å². The fourth-order valence-electron chi connectivity index (χ4n) is 3.50. The number of rotatable bonds is 4. The van der Waals surface area contributed by atoms with E-state index in [1.807, 2.05) is 23.1 Å². The third kappa shape index (κ3) is 4.15. The van der Waals surface area contributed by atoms with Crippen LogP contribution in [0, 0.1) is 5.92 Å². The largest absolute Gasteiger partial charge is 0.492 e. The van der Waals surface area contributed by atoms with Crippen LogP contribution in [-0.2, 0) is 11.3 Å². The lowest BCUT2D eigenvalue weighted by Gasteiger charge is -2.31. The normalized spacial score (nSPS) is 18.5. The van der Waals surface area contributed by atoms with Gasteiger partial charge in [0.25, 0.3) is 0 Å². The summed E-state index contributed by atoms with van der Waals surface area (Å²) in [5.74, 6) is 1.80. The fourth-order valence-corrected chi connectivity index (χ4v) is 3.50. The molecule has 0 radical (unpaired) electrons. The molecule has 0 aliphatic carbocycles. The number of hydrogen-bond donors (Lipinski definition) is 1. The van der Waals surface area contributed by atoms with Crippen molar-refractivity contribution in [3.63, 3.8) is 0 Å². The van der Waals surface area contributed by atoms with Crippen molar-refractivity contribution in [1.29, 1.82) is 0 Å². The van der Waals surface area contributed by atoms with Gasteiger partial charge in [-0.05, 0) is 43.4 Å². The Labute approximate surface area is 143 Å². The Morgan fingerprint density at radius 2 is 2.08 bits per heavy atom. The SMILES string of the molecule is CC(=O)N1CCC(CCC(=O)c2ccc3c(c2)CNCCO3)CC1. The molecule has 0 aromatic heterocycles. The molecule has 0 atom stereocenters. The fraction of sp³-hybridized carbons (Fsp3) is 0.579. The molecule has 2 heterocycles. The number of Topliss-reactive ketones (excluding diaryl/α,β-unsaturated/α-hetero) is 1. The first-order valence-corrected chi connectivity index (χ1v) is 8.88. The first-order valence-electron chi connectivity index (χ1n) is 8.88. The van der Waals surface area contributed by atoms with E-state index in [0.29, 0.717) is 18.9 Å². The zero-order valence-electron chi connectivity index (χ0n) is 14.3. The number of ketones is 1. The average molecular weight is 330 g/mol. The van der Waals surface area contributed by atoms with Gasteiger partial charge >= 0.3 is 0 Å². The number of ether oxygens (including phenoxy) is 1. The molecule has 1 aromatic rings. The summed E-state index contributed by atoms with van der Waals surface area (Å²) in [6.45, 7) is 5.53. The van der Waals surface area contributed by atoms with Crippen molar-refractivity contribution < 1.29 is 14.3 Å². The van der Waals surface area contributed by atoms with Gasteiger partial charge < -0.3 is 15.0 Å². The lowest BCUT2D eigenvalue weighted by atomic mass is 9.90. The molecular formula is C19H26N2O3. The lowest BCUT2D eigenvalue weighted by molar-refractivity contribution is -0.130. The second kappa shape index (κ2) is 7.79. The zero-order valence-corrected chi connectivity index (χ0v) is 14.3. The number of carbonyl (C=O) groups is 2. The van der Waals surface area contributed by atoms with E-state index in [0.717, 1.165) is 62.3 Å². The summed E-state index contributed by atoms with van der Waals surface area (Å²) >= 11 is 0. The molecule has 5 heteroatoms. The molecule has 2 aliphatic heterocycles. The van der Waals surface area contributed by atoms with Crippen LogP contribution in [0.2, 0.25) is 0 Å². The van der Waals surface area contributed by atoms with Crippen LogP contribution in [0.25, 0.3) is 0 Å². The Hall–Kier alpha value is -1.88. The van der Waals surface area contributed by atoms with E-state index in [9.17, 15) is 9.59 Å². The van der Waals surface area contributed by atoms with Crippen molar-refractivity contribution in [1.82, 2.24) is 10.2 Å². The first-order chi connectivity index (χ1) is 11.6. The number of nitrogens with one attached hydrogen (secondary N) is 1. The maximum Gasteiger partial charge on any atom is 0.219 e. The van der Waals surface area contributed by atoms with E-state index in [-0.39, 0.29) is 11.7 Å². The highest BCUT2D eigenvalue weighted by molar-refractivity contribution is 5.96. The van der Waals surface area contributed by atoms with Gasteiger partial charge in [0, 0.05) is 50.7 Å². The van der Waals surface area contributed by atoms with Gasteiger partial charge in [0.2, 0.25) is 5.91 Å². The summed E-state index contributed by atoms with van der Waals surface area (Å²) in [6, 6.07) is 5.76. The molecule has 1 fully saturated rings. The van der Waals surface area contributed by atoms with Crippen molar-refractivity contribution in [3.8, 4) is 5.75 Å². The Morgan fingerprint density at radius 3 is 2.83 bits per heavy atom. The minimum absolute atomic E-state index is 0.158. The van der Waals surface area contributed by atoms with Crippen molar-refractivity contribution in [2.45, 2.75) is 39.2 Å². The predicted octanol–water partition coefficient (Wildman–Crippen LogP) is 2.39. The van der Waals surface area contributed by atoms with E-state index in [2.05, 4.69) is 5.32 Å². The second-order valence-corrected chi connectivity index (χ2v) is 6.76. The Bertz CT molecular complexity index is 607. The third-order valence-electron chi connectivity index (χ3n) is 5.07. The molecule has 130 valence electrons. The summed E-state index contributed by atoms with van der Waals surface area (Å²) in [6.07, 6.45) is 3.51. The van der Waals surface area contributed by atoms with Crippen LogP contribution < -0.4 is 10.1 Å². The Balaban J connectivity index is 1.52. The van der Waals surface area contributed by atoms with Crippen molar-refractivity contribution in [2.24, 2.45) is 5.92 Å². The summed E-state index contributed by atoms with van der Waals surface area (Å²) < 4.78 is 5.66. The van der Waals surface area contributed by atoms with Crippen LogP contribution in [0.1, 0.15) is 48.5 Å². The lowest BCUT2D eigenvalue weighted by Crippen LogP contribution is -2.37. The number of likely N-dealkylation sites (tertiary alicyclic amines) is 1.